The highest BCUT2D eigenvalue weighted by molar-refractivity contribution is 5.94. The van der Waals surface area contributed by atoms with Crippen molar-refractivity contribution >= 4 is 5.91 Å². The molecule has 0 radical (unpaired) electrons. The average molecular weight is 324 g/mol. The van der Waals surface area contributed by atoms with Crippen molar-refractivity contribution in [1.29, 1.82) is 0 Å². The molecular formula is C21H28N2O. The van der Waals surface area contributed by atoms with Crippen molar-refractivity contribution in [1.82, 2.24) is 9.80 Å². The molecule has 2 fully saturated rings. The Morgan fingerprint density at radius 3 is 2.88 bits per heavy atom. The Balaban J connectivity index is 1.57. The Kier molecular flexibility index (Phi) is 4.21. The van der Waals surface area contributed by atoms with E-state index in [0.717, 1.165) is 25.2 Å². The van der Waals surface area contributed by atoms with Crippen LogP contribution in [0.2, 0.25) is 0 Å². The van der Waals surface area contributed by atoms with Crippen molar-refractivity contribution in [3.8, 4) is 0 Å². The number of benzene rings is 1. The standard InChI is InChI=1S/C21H28N2O/c1-15-5-3-6-17(16(15)2)14-23(19-8-9-19)21(24)20-10-12-22-11-4-7-18(20)13-22/h3,5-6,10,18-19H,4,7-9,11-14H2,1-2H3. The van der Waals surface area contributed by atoms with Gasteiger partial charge in [-0.25, -0.2) is 0 Å². The summed E-state index contributed by atoms with van der Waals surface area (Å²) in [4.78, 5) is 18.0. The summed E-state index contributed by atoms with van der Waals surface area (Å²) in [5.41, 5.74) is 5.05. The first-order valence-electron chi connectivity index (χ1n) is 9.42. The molecule has 4 rings (SSSR count). The highest BCUT2D eigenvalue weighted by Gasteiger charge is 2.38. The molecule has 2 unspecified atom stereocenters. The van der Waals surface area contributed by atoms with Gasteiger partial charge in [-0.1, -0.05) is 24.3 Å². The third-order valence-corrected chi connectivity index (χ3v) is 6.07. The molecule has 2 atom stereocenters. The van der Waals surface area contributed by atoms with Crippen LogP contribution in [0.5, 0.6) is 0 Å². The first-order chi connectivity index (χ1) is 11.6. The number of fused-ring (bicyclic) bond motifs is 2. The summed E-state index contributed by atoms with van der Waals surface area (Å²) >= 11 is 0. The van der Waals surface area contributed by atoms with E-state index in [0.29, 0.717) is 17.9 Å². The van der Waals surface area contributed by atoms with Crippen LogP contribution in [0.1, 0.15) is 42.4 Å². The van der Waals surface area contributed by atoms with Crippen molar-refractivity contribution < 1.29 is 4.79 Å². The maximum atomic E-state index is 13.3. The van der Waals surface area contributed by atoms with Gasteiger partial charge in [0.05, 0.1) is 0 Å². The van der Waals surface area contributed by atoms with Gasteiger partial charge in [-0.3, -0.25) is 9.69 Å². The van der Waals surface area contributed by atoms with Gasteiger partial charge in [-0.2, -0.15) is 0 Å². The minimum atomic E-state index is 0.310. The maximum absolute atomic E-state index is 13.3. The Morgan fingerprint density at radius 1 is 1.25 bits per heavy atom. The zero-order chi connectivity index (χ0) is 16.7. The van der Waals surface area contributed by atoms with Crippen molar-refractivity contribution in [2.45, 2.75) is 52.1 Å². The Morgan fingerprint density at radius 2 is 2.08 bits per heavy atom. The second-order valence-corrected chi connectivity index (χ2v) is 7.78. The molecule has 24 heavy (non-hydrogen) atoms. The zero-order valence-corrected chi connectivity index (χ0v) is 14.9. The zero-order valence-electron chi connectivity index (χ0n) is 14.9. The molecule has 1 aliphatic carbocycles. The molecule has 1 saturated heterocycles. The molecule has 1 aromatic carbocycles. The second-order valence-electron chi connectivity index (χ2n) is 7.78. The van der Waals surface area contributed by atoms with Gasteiger partial charge in [0.25, 0.3) is 0 Å². The third kappa shape index (κ3) is 3.02. The van der Waals surface area contributed by atoms with E-state index in [2.05, 4.69) is 47.9 Å². The van der Waals surface area contributed by atoms with Crippen LogP contribution in [-0.2, 0) is 11.3 Å². The molecule has 3 aliphatic rings. The average Bonchev–Trinajstić information content (AvgIpc) is 3.41. The first-order valence-corrected chi connectivity index (χ1v) is 9.42. The molecule has 1 saturated carbocycles. The first kappa shape index (κ1) is 15.9. The van der Waals surface area contributed by atoms with Crippen LogP contribution in [0.3, 0.4) is 0 Å². The second kappa shape index (κ2) is 6.36. The summed E-state index contributed by atoms with van der Waals surface area (Å²) in [6.45, 7) is 8.34. The third-order valence-electron chi connectivity index (χ3n) is 6.07. The lowest BCUT2D eigenvalue weighted by molar-refractivity contribution is -0.129. The van der Waals surface area contributed by atoms with Crippen LogP contribution in [0.4, 0.5) is 0 Å². The largest absolute Gasteiger partial charge is 0.332 e. The van der Waals surface area contributed by atoms with Gasteiger partial charge in [-0.15, -0.1) is 0 Å². The number of aryl methyl sites for hydroxylation is 1. The lowest BCUT2D eigenvalue weighted by atomic mass is 9.86. The minimum absolute atomic E-state index is 0.310. The molecule has 0 aromatic heterocycles. The molecular weight excluding hydrogens is 296 g/mol. The fourth-order valence-corrected chi connectivity index (χ4v) is 4.22. The number of carbonyl (C=O) groups excluding carboxylic acids is 1. The van der Waals surface area contributed by atoms with E-state index >= 15 is 0 Å². The van der Waals surface area contributed by atoms with Gasteiger partial charge in [0.15, 0.2) is 0 Å². The molecule has 0 spiro atoms. The maximum Gasteiger partial charge on any atom is 0.250 e. The minimum Gasteiger partial charge on any atom is -0.332 e. The predicted molar refractivity (Wildman–Crippen MR) is 96.7 cm³/mol. The molecule has 1 amide bonds. The number of nitrogens with zero attached hydrogens (tertiary/aromatic N) is 2. The summed E-state index contributed by atoms with van der Waals surface area (Å²) in [5, 5.41) is 0. The monoisotopic (exact) mass is 324 g/mol. The Labute approximate surface area is 145 Å². The van der Waals surface area contributed by atoms with Crippen LogP contribution < -0.4 is 0 Å². The summed E-state index contributed by atoms with van der Waals surface area (Å²) in [7, 11) is 0. The number of hydrogen-bond donors (Lipinski definition) is 0. The van der Waals surface area contributed by atoms with Gasteiger partial charge < -0.3 is 4.90 Å². The van der Waals surface area contributed by atoms with Crippen LogP contribution >= 0.6 is 0 Å². The highest BCUT2D eigenvalue weighted by Crippen LogP contribution is 2.34. The summed E-state index contributed by atoms with van der Waals surface area (Å²) in [5.74, 6) is 0.768. The van der Waals surface area contributed by atoms with Crippen molar-refractivity contribution in [2.75, 3.05) is 19.6 Å². The van der Waals surface area contributed by atoms with E-state index in [1.807, 2.05) is 0 Å². The number of carbonyl (C=O) groups is 1. The predicted octanol–water partition coefficient (Wildman–Crippen LogP) is 3.45. The molecule has 128 valence electrons. The number of amides is 1. The lowest BCUT2D eigenvalue weighted by Gasteiger charge is -2.38. The van der Waals surface area contributed by atoms with E-state index in [1.165, 1.54) is 48.9 Å². The molecule has 3 nitrogen and oxygen atoms in total. The summed E-state index contributed by atoms with van der Waals surface area (Å²) in [6, 6.07) is 6.91. The van der Waals surface area contributed by atoms with Gasteiger partial charge in [-0.05, 0) is 62.8 Å². The fourth-order valence-electron chi connectivity index (χ4n) is 4.22. The normalized spacial score (nSPS) is 26.0. The molecule has 0 N–H and O–H groups in total. The topological polar surface area (TPSA) is 23.6 Å². The van der Waals surface area contributed by atoms with Crippen LogP contribution in [0.25, 0.3) is 0 Å². The van der Waals surface area contributed by atoms with Gasteiger partial charge in [0.1, 0.15) is 0 Å². The Hall–Kier alpha value is -1.61. The van der Waals surface area contributed by atoms with Crippen molar-refractivity contribution in [3.63, 3.8) is 0 Å². The van der Waals surface area contributed by atoms with Crippen molar-refractivity contribution in [3.05, 3.63) is 46.5 Å². The van der Waals surface area contributed by atoms with Crippen LogP contribution in [0, 0.1) is 19.8 Å². The van der Waals surface area contributed by atoms with E-state index in [-0.39, 0.29) is 0 Å². The molecule has 2 heterocycles. The highest BCUT2D eigenvalue weighted by atomic mass is 16.2. The van der Waals surface area contributed by atoms with Crippen molar-refractivity contribution in [2.24, 2.45) is 5.92 Å². The van der Waals surface area contributed by atoms with Gasteiger partial charge in [0.2, 0.25) is 5.91 Å². The molecule has 1 aromatic rings. The summed E-state index contributed by atoms with van der Waals surface area (Å²) in [6.07, 6.45) is 6.96. The summed E-state index contributed by atoms with van der Waals surface area (Å²) < 4.78 is 0. The number of piperidine rings is 1. The van der Waals surface area contributed by atoms with E-state index in [9.17, 15) is 4.79 Å². The van der Waals surface area contributed by atoms with E-state index < -0.39 is 0 Å². The smallest absolute Gasteiger partial charge is 0.250 e. The van der Waals surface area contributed by atoms with Crippen LogP contribution in [0.15, 0.2) is 29.8 Å². The fraction of sp³-hybridized carbons (Fsp3) is 0.571. The Bertz CT molecular complexity index is 674. The lowest BCUT2D eigenvalue weighted by Crippen LogP contribution is -2.44. The number of hydrogen-bond acceptors (Lipinski definition) is 2. The van der Waals surface area contributed by atoms with Gasteiger partial charge >= 0.3 is 0 Å². The van der Waals surface area contributed by atoms with E-state index in [4.69, 9.17) is 0 Å². The van der Waals surface area contributed by atoms with Gasteiger partial charge in [0, 0.05) is 37.2 Å². The van der Waals surface area contributed by atoms with E-state index in [1.54, 1.807) is 0 Å². The molecule has 2 aliphatic heterocycles. The van der Waals surface area contributed by atoms with Crippen LogP contribution in [-0.4, -0.2) is 41.4 Å². The molecule has 3 heteroatoms. The quantitative estimate of drug-likeness (QED) is 0.847. The molecule has 2 bridgehead atoms. The number of rotatable bonds is 4. The SMILES string of the molecule is Cc1cccc(CN(C(=O)C2=CCN3CCCC2C3)C2CC2)c1C.